The van der Waals surface area contributed by atoms with Gasteiger partial charge in [-0.05, 0) is 48.8 Å². The second-order valence-electron chi connectivity index (χ2n) is 5.92. The van der Waals surface area contributed by atoms with Crippen LogP contribution in [0.5, 0.6) is 0 Å². The van der Waals surface area contributed by atoms with Gasteiger partial charge in [-0.15, -0.1) is 0 Å². The third-order valence-electron chi connectivity index (χ3n) is 4.60. The lowest BCUT2D eigenvalue weighted by molar-refractivity contribution is -0.137. The lowest BCUT2D eigenvalue weighted by atomic mass is 9.91. The van der Waals surface area contributed by atoms with Gasteiger partial charge in [0.2, 0.25) is 0 Å². The monoisotopic (exact) mass is 259 g/mol. The van der Waals surface area contributed by atoms with Crippen molar-refractivity contribution in [3.8, 4) is 0 Å². The van der Waals surface area contributed by atoms with Gasteiger partial charge in [-0.25, -0.2) is 0 Å². The summed E-state index contributed by atoms with van der Waals surface area (Å²) in [7, 11) is 0. The molecule has 0 bridgehead atoms. The summed E-state index contributed by atoms with van der Waals surface area (Å²) in [5.41, 5.74) is 3.95. The Balaban J connectivity index is 1.79. The van der Waals surface area contributed by atoms with Crippen molar-refractivity contribution < 1.29 is 9.90 Å². The second kappa shape index (κ2) is 4.87. The maximum atomic E-state index is 10.8. The number of carboxylic acids is 1. The fourth-order valence-electron chi connectivity index (χ4n) is 3.21. The van der Waals surface area contributed by atoms with Crippen molar-refractivity contribution in [3.63, 3.8) is 0 Å². The van der Waals surface area contributed by atoms with Gasteiger partial charge in [0.25, 0.3) is 0 Å². The van der Waals surface area contributed by atoms with Crippen molar-refractivity contribution in [1.82, 2.24) is 0 Å². The first-order valence-electron chi connectivity index (χ1n) is 7.26. The molecule has 0 spiro atoms. The number of anilines is 1. The highest BCUT2D eigenvalue weighted by molar-refractivity contribution is 5.68. The summed E-state index contributed by atoms with van der Waals surface area (Å²) < 4.78 is 0. The van der Waals surface area contributed by atoms with Gasteiger partial charge in [0.15, 0.2) is 0 Å². The van der Waals surface area contributed by atoms with E-state index in [2.05, 4.69) is 23.1 Å². The SMILES string of the molecule is CC(CC(=O)O)c1ccc2c(c1)CCN2C1CCC1. The molecule has 0 radical (unpaired) electrons. The normalized spacial score (nSPS) is 19.9. The zero-order valence-corrected chi connectivity index (χ0v) is 11.4. The van der Waals surface area contributed by atoms with Crippen LogP contribution in [0.2, 0.25) is 0 Å². The molecule has 1 aromatic rings. The molecule has 1 aliphatic carbocycles. The molecule has 3 rings (SSSR count). The van der Waals surface area contributed by atoms with Crippen LogP contribution in [-0.4, -0.2) is 23.7 Å². The van der Waals surface area contributed by atoms with E-state index in [1.54, 1.807) is 0 Å². The summed E-state index contributed by atoms with van der Waals surface area (Å²) in [6.45, 7) is 3.13. The van der Waals surface area contributed by atoms with Crippen LogP contribution in [0.1, 0.15) is 49.7 Å². The molecule has 0 amide bonds. The quantitative estimate of drug-likeness (QED) is 0.902. The number of benzene rings is 1. The number of carbonyl (C=O) groups is 1. The Labute approximate surface area is 114 Å². The molecule has 3 heteroatoms. The van der Waals surface area contributed by atoms with Gasteiger partial charge in [0, 0.05) is 18.3 Å². The molecule has 1 unspecified atom stereocenters. The van der Waals surface area contributed by atoms with Crippen LogP contribution in [-0.2, 0) is 11.2 Å². The van der Waals surface area contributed by atoms with Gasteiger partial charge in [-0.1, -0.05) is 19.1 Å². The lowest BCUT2D eigenvalue weighted by Gasteiger charge is -2.36. The Kier molecular flexibility index (Phi) is 3.21. The molecule has 3 nitrogen and oxygen atoms in total. The lowest BCUT2D eigenvalue weighted by Crippen LogP contribution is -2.38. The van der Waals surface area contributed by atoms with E-state index in [4.69, 9.17) is 5.11 Å². The number of fused-ring (bicyclic) bond motifs is 1. The molecule has 1 fully saturated rings. The minimum atomic E-state index is -0.718. The van der Waals surface area contributed by atoms with Crippen LogP contribution in [0.3, 0.4) is 0 Å². The molecule has 102 valence electrons. The molecule has 0 aromatic heterocycles. The topological polar surface area (TPSA) is 40.5 Å². The number of nitrogens with zero attached hydrogens (tertiary/aromatic N) is 1. The average Bonchev–Trinajstić information content (AvgIpc) is 2.69. The third-order valence-corrected chi connectivity index (χ3v) is 4.60. The van der Waals surface area contributed by atoms with Gasteiger partial charge in [-0.3, -0.25) is 4.79 Å². The van der Waals surface area contributed by atoms with Crippen molar-refractivity contribution in [1.29, 1.82) is 0 Å². The van der Waals surface area contributed by atoms with E-state index >= 15 is 0 Å². The zero-order valence-electron chi connectivity index (χ0n) is 11.4. The Hall–Kier alpha value is -1.51. The van der Waals surface area contributed by atoms with E-state index in [0.717, 1.165) is 24.6 Å². The summed E-state index contributed by atoms with van der Waals surface area (Å²) >= 11 is 0. The number of carboxylic acid groups (broad SMARTS) is 1. The number of aliphatic carboxylic acids is 1. The fraction of sp³-hybridized carbons (Fsp3) is 0.562. The molecule has 0 saturated heterocycles. The first-order valence-corrected chi connectivity index (χ1v) is 7.26. The summed E-state index contributed by atoms with van der Waals surface area (Å²) in [6.07, 6.45) is 5.35. The summed E-state index contributed by atoms with van der Waals surface area (Å²) in [5, 5.41) is 8.88. The molecular formula is C16H21NO2. The molecule has 19 heavy (non-hydrogen) atoms. The highest BCUT2D eigenvalue weighted by Gasteiger charge is 2.30. The Morgan fingerprint density at radius 3 is 2.89 bits per heavy atom. The van der Waals surface area contributed by atoms with Crippen molar-refractivity contribution in [2.45, 2.75) is 51.0 Å². The van der Waals surface area contributed by atoms with Crippen LogP contribution in [0, 0.1) is 0 Å². The fourth-order valence-corrected chi connectivity index (χ4v) is 3.21. The average molecular weight is 259 g/mol. The number of hydrogen-bond donors (Lipinski definition) is 1. The maximum Gasteiger partial charge on any atom is 0.303 e. The smallest absolute Gasteiger partial charge is 0.303 e. The minimum absolute atomic E-state index is 0.0977. The van der Waals surface area contributed by atoms with Crippen LogP contribution in [0.15, 0.2) is 18.2 Å². The third kappa shape index (κ3) is 2.34. The standard InChI is InChI=1S/C16H21NO2/c1-11(9-16(18)19)12-5-6-15-13(10-12)7-8-17(15)14-3-2-4-14/h5-6,10-11,14H,2-4,7-9H2,1H3,(H,18,19). The molecule has 1 saturated carbocycles. The Bertz CT molecular complexity index is 494. The van der Waals surface area contributed by atoms with Crippen molar-refractivity contribution in [2.24, 2.45) is 0 Å². The maximum absolute atomic E-state index is 10.8. The molecule has 1 aliphatic heterocycles. The van der Waals surface area contributed by atoms with Crippen molar-refractivity contribution in [2.75, 3.05) is 11.4 Å². The zero-order chi connectivity index (χ0) is 13.4. The van der Waals surface area contributed by atoms with Crippen LogP contribution < -0.4 is 4.90 Å². The summed E-state index contributed by atoms with van der Waals surface area (Å²) in [6, 6.07) is 7.29. The van der Waals surface area contributed by atoms with E-state index in [-0.39, 0.29) is 12.3 Å². The summed E-state index contributed by atoms with van der Waals surface area (Å²) in [4.78, 5) is 13.3. The second-order valence-corrected chi connectivity index (χ2v) is 5.92. The predicted octanol–water partition coefficient (Wildman–Crippen LogP) is 3.18. The van der Waals surface area contributed by atoms with Gasteiger partial charge in [0.1, 0.15) is 0 Å². The highest BCUT2D eigenvalue weighted by Crippen LogP contribution is 2.37. The van der Waals surface area contributed by atoms with Gasteiger partial charge >= 0.3 is 5.97 Å². The molecular weight excluding hydrogens is 238 g/mol. The van der Waals surface area contributed by atoms with E-state index in [1.807, 2.05) is 6.92 Å². The predicted molar refractivity (Wildman–Crippen MR) is 75.8 cm³/mol. The van der Waals surface area contributed by atoms with Gasteiger partial charge in [-0.2, -0.15) is 0 Å². The van der Waals surface area contributed by atoms with E-state index in [0.29, 0.717) is 0 Å². The number of hydrogen-bond acceptors (Lipinski definition) is 2. The molecule has 1 atom stereocenters. The Morgan fingerprint density at radius 2 is 2.26 bits per heavy atom. The van der Waals surface area contributed by atoms with Crippen LogP contribution in [0.4, 0.5) is 5.69 Å². The van der Waals surface area contributed by atoms with Crippen molar-refractivity contribution in [3.05, 3.63) is 29.3 Å². The molecule has 2 aliphatic rings. The van der Waals surface area contributed by atoms with E-state index < -0.39 is 5.97 Å². The summed E-state index contributed by atoms with van der Waals surface area (Å²) in [5.74, 6) is -0.621. The minimum Gasteiger partial charge on any atom is -0.481 e. The van der Waals surface area contributed by atoms with E-state index in [9.17, 15) is 4.79 Å². The van der Waals surface area contributed by atoms with Gasteiger partial charge < -0.3 is 10.0 Å². The van der Waals surface area contributed by atoms with Gasteiger partial charge in [0.05, 0.1) is 6.42 Å². The molecule has 1 aromatic carbocycles. The molecule has 1 N–H and O–H groups in total. The number of rotatable bonds is 4. The van der Waals surface area contributed by atoms with Crippen LogP contribution in [0.25, 0.3) is 0 Å². The van der Waals surface area contributed by atoms with Crippen LogP contribution >= 0.6 is 0 Å². The first-order chi connectivity index (χ1) is 9.15. The highest BCUT2D eigenvalue weighted by atomic mass is 16.4. The van der Waals surface area contributed by atoms with Crippen molar-refractivity contribution >= 4 is 11.7 Å². The largest absolute Gasteiger partial charge is 0.481 e. The van der Waals surface area contributed by atoms with E-state index in [1.165, 1.54) is 30.5 Å². The Morgan fingerprint density at radius 1 is 1.47 bits per heavy atom. The molecule has 1 heterocycles. The first kappa shape index (κ1) is 12.5.